The molecular weight excluding hydrogens is 234 g/mol. The van der Waals surface area contributed by atoms with E-state index in [0.29, 0.717) is 18.7 Å². The Bertz CT molecular complexity index is 350. The lowest BCUT2D eigenvalue weighted by Gasteiger charge is -2.07. The number of nitrogens with zero attached hydrogens (tertiary/aromatic N) is 1. The third-order valence-electron chi connectivity index (χ3n) is 1.78. The Morgan fingerprint density at radius 3 is 2.81 bits per heavy atom. The van der Waals surface area contributed by atoms with Crippen LogP contribution in [0.2, 0.25) is 0 Å². The molecule has 1 aromatic heterocycles. The fraction of sp³-hybridized carbons (Fsp3) is 0.500. The molecule has 0 fully saturated rings. The number of aromatic nitrogens is 1. The standard InChI is InChI=1S/C10H14F2N2OS/c1-2-13-9-7(11)6-8(12)10(14-9)16-5-3-4-15/h6,15H,2-5H2,1H3,(H,13,14). The molecule has 0 amide bonds. The summed E-state index contributed by atoms with van der Waals surface area (Å²) >= 11 is 1.17. The highest BCUT2D eigenvalue weighted by molar-refractivity contribution is 7.99. The number of aliphatic hydroxyl groups is 1. The van der Waals surface area contributed by atoms with Crippen LogP contribution in [0, 0.1) is 11.6 Å². The van der Waals surface area contributed by atoms with Crippen LogP contribution >= 0.6 is 11.8 Å². The molecule has 1 heterocycles. The first-order valence-corrected chi connectivity index (χ1v) is 6.01. The van der Waals surface area contributed by atoms with E-state index in [-0.39, 0.29) is 17.5 Å². The molecule has 0 aliphatic carbocycles. The van der Waals surface area contributed by atoms with Gasteiger partial charge in [-0.15, -0.1) is 11.8 Å². The molecule has 90 valence electrons. The summed E-state index contributed by atoms with van der Waals surface area (Å²) in [5, 5.41) is 11.5. The first-order chi connectivity index (χ1) is 7.69. The molecule has 1 rings (SSSR count). The van der Waals surface area contributed by atoms with E-state index >= 15 is 0 Å². The summed E-state index contributed by atoms with van der Waals surface area (Å²) in [5.74, 6) is -0.735. The SMILES string of the molecule is CCNc1nc(SCCCO)c(F)cc1F. The lowest BCUT2D eigenvalue weighted by Crippen LogP contribution is -2.04. The van der Waals surface area contributed by atoms with Gasteiger partial charge in [-0.3, -0.25) is 0 Å². The van der Waals surface area contributed by atoms with E-state index in [9.17, 15) is 8.78 Å². The molecule has 2 N–H and O–H groups in total. The van der Waals surface area contributed by atoms with Crippen LogP contribution in [0.3, 0.4) is 0 Å². The van der Waals surface area contributed by atoms with Crippen LogP contribution in [0.5, 0.6) is 0 Å². The van der Waals surface area contributed by atoms with Crippen molar-refractivity contribution < 1.29 is 13.9 Å². The van der Waals surface area contributed by atoms with Gasteiger partial charge in [0.05, 0.1) is 0 Å². The second kappa shape index (κ2) is 6.65. The van der Waals surface area contributed by atoms with Crippen molar-refractivity contribution in [2.45, 2.75) is 18.4 Å². The van der Waals surface area contributed by atoms with E-state index in [4.69, 9.17) is 5.11 Å². The number of rotatable bonds is 6. The highest BCUT2D eigenvalue weighted by Crippen LogP contribution is 2.24. The molecule has 0 saturated carbocycles. The van der Waals surface area contributed by atoms with Crippen LogP contribution in [-0.2, 0) is 0 Å². The summed E-state index contributed by atoms with van der Waals surface area (Å²) in [7, 11) is 0. The molecule has 1 aromatic rings. The maximum absolute atomic E-state index is 13.3. The number of thioether (sulfide) groups is 1. The third kappa shape index (κ3) is 3.61. The molecule has 6 heteroatoms. The van der Waals surface area contributed by atoms with E-state index < -0.39 is 11.6 Å². The Labute approximate surface area is 97.3 Å². The first-order valence-electron chi connectivity index (χ1n) is 5.02. The molecule has 0 aromatic carbocycles. The minimum absolute atomic E-state index is 0.0515. The van der Waals surface area contributed by atoms with Gasteiger partial charge in [0.1, 0.15) is 5.03 Å². The van der Waals surface area contributed by atoms with Gasteiger partial charge in [-0.05, 0) is 13.3 Å². The quantitative estimate of drug-likeness (QED) is 0.599. The zero-order valence-corrected chi connectivity index (χ0v) is 9.78. The van der Waals surface area contributed by atoms with E-state index in [1.165, 1.54) is 11.8 Å². The van der Waals surface area contributed by atoms with Gasteiger partial charge in [-0.1, -0.05) is 0 Å². The molecule has 16 heavy (non-hydrogen) atoms. The molecule has 0 saturated heterocycles. The van der Waals surface area contributed by atoms with E-state index in [1.54, 1.807) is 0 Å². The fourth-order valence-corrected chi connectivity index (χ4v) is 1.90. The number of hydrogen-bond donors (Lipinski definition) is 2. The summed E-state index contributed by atoms with van der Waals surface area (Å²) in [6.07, 6.45) is 0.555. The maximum atomic E-state index is 13.3. The van der Waals surface area contributed by atoms with Crippen molar-refractivity contribution >= 4 is 17.6 Å². The van der Waals surface area contributed by atoms with Gasteiger partial charge in [-0.25, -0.2) is 13.8 Å². The summed E-state index contributed by atoms with van der Waals surface area (Å²) < 4.78 is 26.5. The predicted molar refractivity (Wildman–Crippen MR) is 60.7 cm³/mol. The van der Waals surface area contributed by atoms with Gasteiger partial charge in [0, 0.05) is 25.0 Å². The number of halogens is 2. The van der Waals surface area contributed by atoms with Crippen LogP contribution < -0.4 is 5.32 Å². The normalized spacial score (nSPS) is 10.5. The summed E-state index contributed by atoms with van der Waals surface area (Å²) in [6, 6.07) is 0.826. The van der Waals surface area contributed by atoms with Crippen molar-refractivity contribution in [1.82, 2.24) is 4.98 Å². The average molecular weight is 248 g/mol. The van der Waals surface area contributed by atoms with Crippen LogP contribution in [-0.4, -0.2) is 29.0 Å². The van der Waals surface area contributed by atoms with Crippen LogP contribution in [0.4, 0.5) is 14.6 Å². The Balaban J connectivity index is 2.78. The lowest BCUT2D eigenvalue weighted by molar-refractivity contribution is 0.296. The van der Waals surface area contributed by atoms with Crippen molar-refractivity contribution in [3.8, 4) is 0 Å². The topological polar surface area (TPSA) is 45.2 Å². The van der Waals surface area contributed by atoms with Crippen molar-refractivity contribution in [1.29, 1.82) is 0 Å². The number of aliphatic hydroxyl groups excluding tert-OH is 1. The number of anilines is 1. The fourth-order valence-electron chi connectivity index (χ4n) is 1.08. The molecule has 0 aliphatic rings. The maximum Gasteiger partial charge on any atom is 0.168 e. The second-order valence-corrected chi connectivity index (χ2v) is 4.15. The van der Waals surface area contributed by atoms with Crippen molar-refractivity contribution in [2.75, 3.05) is 24.2 Å². The molecular formula is C10H14F2N2OS. The number of hydrogen-bond acceptors (Lipinski definition) is 4. The van der Waals surface area contributed by atoms with Crippen LogP contribution in [0.25, 0.3) is 0 Å². The number of pyridine rings is 1. The molecule has 0 spiro atoms. The zero-order valence-electron chi connectivity index (χ0n) is 8.96. The molecule has 0 aliphatic heterocycles. The third-order valence-corrected chi connectivity index (χ3v) is 2.84. The number of nitrogens with one attached hydrogen (secondary N) is 1. The van der Waals surface area contributed by atoms with Gasteiger partial charge >= 0.3 is 0 Å². The second-order valence-electron chi connectivity index (χ2n) is 3.06. The highest BCUT2D eigenvalue weighted by Gasteiger charge is 2.11. The van der Waals surface area contributed by atoms with Crippen molar-refractivity contribution in [3.63, 3.8) is 0 Å². The summed E-state index contributed by atoms with van der Waals surface area (Å²) in [4.78, 5) is 3.85. The minimum atomic E-state index is -0.689. The van der Waals surface area contributed by atoms with Crippen molar-refractivity contribution in [3.05, 3.63) is 17.7 Å². The van der Waals surface area contributed by atoms with E-state index in [2.05, 4.69) is 10.3 Å². The highest BCUT2D eigenvalue weighted by atomic mass is 32.2. The largest absolute Gasteiger partial charge is 0.396 e. The molecule has 3 nitrogen and oxygen atoms in total. The van der Waals surface area contributed by atoms with E-state index in [0.717, 1.165) is 6.07 Å². The molecule has 0 bridgehead atoms. The Morgan fingerprint density at radius 1 is 1.44 bits per heavy atom. The monoisotopic (exact) mass is 248 g/mol. The van der Waals surface area contributed by atoms with Gasteiger partial charge in [-0.2, -0.15) is 0 Å². The lowest BCUT2D eigenvalue weighted by atomic mass is 10.4. The zero-order chi connectivity index (χ0) is 12.0. The average Bonchev–Trinajstić information content (AvgIpc) is 2.25. The molecule has 0 unspecified atom stereocenters. The van der Waals surface area contributed by atoms with Crippen molar-refractivity contribution in [2.24, 2.45) is 0 Å². The Hall–Kier alpha value is -0.880. The van der Waals surface area contributed by atoms with E-state index in [1.807, 2.05) is 6.92 Å². The first kappa shape index (κ1) is 13.2. The van der Waals surface area contributed by atoms with Gasteiger partial charge < -0.3 is 10.4 Å². The predicted octanol–water partition coefficient (Wildman–Crippen LogP) is 2.27. The Kier molecular flexibility index (Phi) is 5.48. The molecule has 0 atom stereocenters. The van der Waals surface area contributed by atoms with Crippen LogP contribution in [0.1, 0.15) is 13.3 Å². The van der Waals surface area contributed by atoms with Gasteiger partial charge in [0.25, 0.3) is 0 Å². The summed E-state index contributed by atoms with van der Waals surface area (Å²) in [5.41, 5.74) is 0. The molecule has 0 radical (unpaired) electrons. The summed E-state index contributed by atoms with van der Waals surface area (Å²) in [6.45, 7) is 2.38. The smallest absolute Gasteiger partial charge is 0.168 e. The minimum Gasteiger partial charge on any atom is -0.396 e. The van der Waals surface area contributed by atoms with Crippen LogP contribution in [0.15, 0.2) is 11.1 Å². The van der Waals surface area contributed by atoms with Gasteiger partial charge in [0.2, 0.25) is 0 Å². The Morgan fingerprint density at radius 2 is 2.19 bits per heavy atom. The van der Waals surface area contributed by atoms with Gasteiger partial charge in [0.15, 0.2) is 17.5 Å².